The van der Waals surface area contributed by atoms with Gasteiger partial charge < -0.3 is 10.2 Å². The van der Waals surface area contributed by atoms with Crippen molar-refractivity contribution in [1.29, 1.82) is 0 Å². The lowest BCUT2D eigenvalue weighted by Crippen LogP contribution is -2.32. The number of nitrogens with one attached hydrogen (secondary N) is 1. The molecule has 8 heteroatoms. The molecule has 0 spiro atoms. The van der Waals surface area contributed by atoms with Crippen LogP contribution < -0.4 is 5.32 Å². The van der Waals surface area contributed by atoms with E-state index >= 15 is 0 Å². The first-order valence-corrected chi connectivity index (χ1v) is 7.79. The molecule has 1 N–H and O–H groups in total. The monoisotopic (exact) mass is 326 g/mol. The predicted octanol–water partition coefficient (Wildman–Crippen LogP) is 0.880. The van der Waals surface area contributed by atoms with Gasteiger partial charge in [0, 0.05) is 19.7 Å². The maximum atomic E-state index is 12.7. The molecule has 0 saturated carbocycles. The van der Waals surface area contributed by atoms with Crippen LogP contribution in [-0.4, -0.2) is 43.4 Å². The highest BCUT2D eigenvalue weighted by atomic mass is 16.2. The largest absolute Gasteiger partial charge is 0.351 e. The molecule has 1 atom stereocenters. The van der Waals surface area contributed by atoms with Crippen molar-refractivity contribution in [2.24, 2.45) is 0 Å². The van der Waals surface area contributed by atoms with Crippen LogP contribution in [0.3, 0.4) is 0 Å². The zero-order valence-corrected chi connectivity index (χ0v) is 13.3. The number of amides is 2. The summed E-state index contributed by atoms with van der Waals surface area (Å²) in [6, 6.07) is 3.24. The fourth-order valence-corrected chi connectivity index (χ4v) is 2.75. The minimum absolute atomic E-state index is 0.0942. The fourth-order valence-electron chi connectivity index (χ4n) is 2.75. The van der Waals surface area contributed by atoms with Gasteiger partial charge in [0.25, 0.3) is 5.91 Å². The number of rotatable bonds is 4. The van der Waals surface area contributed by atoms with Crippen LogP contribution in [0.25, 0.3) is 0 Å². The van der Waals surface area contributed by atoms with Crippen LogP contribution in [0.15, 0.2) is 30.7 Å². The lowest BCUT2D eigenvalue weighted by molar-refractivity contribution is -0.119. The van der Waals surface area contributed by atoms with E-state index in [4.69, 9.17) is 0 Å². The van der Waals surface area contributed by atoms with Crippen molar-refractivity contribution < 1.29 is 9.59 Å². The summed E-state index contributed by atoms with van der Waals surface area (Å²) < 4.78 is 0. The zero-order chi connectivity index (χ0) is 16.9. The van der Waals surface area contributed by atoms with E-state index in [0.717, 1.165) is 18.5 Å². The fraction of sp³-hybridized carbons (Fsp3) is 0.375. The molecule has 2 aromatic rings. The van der Waals surface area contributed by atoms with Gasteiger partial charge in [0.05, 0.1) is 36.2 Å². The molecule has 8 nitrogen and oxygen atoms in total. The Morgan fingerprint density at radius 2 is 2.17 bits per heavy atom. The van der Waals surface area contributed by atoms with Crippen molar-refractivity contribution in [2.45, 2.75) is 32.4 Å². The van der Waals surface area contributed by atoms with E-state index in [1.165, 1.54) is 19.3 Å². The number of hydrogen-bond donors (Lipinski definition) is 1. The van der Waals surface area contributed by atoms with E-state index in [2.05, 4.69) is 25.5 Å². The van der Waals surface area contributed by atoms with Gasteiger partial charge in [0.1, 0.15) is 0 Å². The molecule has 0 aromatic carbocycles. The van der Waals surface area contributed by atoms with Crippen molar-refractivity contribution in [1.82, 2.24) is 30.4 Å². The summed E-state index contributed by atoms with van der Waals surface area (Å²) in [7, 11) is 0. The minimum atomic E-state index is -0.164. The third-order valence-corrected chi connectivity index (χ3v) is 3.89. The Kier molecular flexibility index (Phi) is 4.74. The number of hydrogen-bond acceptors (Lipinski definition) is 6. The molecule has 1 aliphatic rings. The van der Waals surface area contributed by atoms with E-state index in [1.807, 2.05) is 0 Å². The van der Waals surface area contributed by atoms with Gasteiger partial charge in [-0.3, -0.25) is 9.59 Å². The topological polar surface area (TPSA) is 101 Å². The minimum Gasteiger partial charge on any atom is -0.351 e. The Morgan fingerprint density at radius 1 is 1.29 bits per heavy atom. The Labute approximate surface area is 139 Å². The highest BCUT2D eigenvalue weighted by Crippen LogP contribution is 2.31. The third-order valence-electron chi connectivity index (χ3n) is 3.89. The van der Waals surface area contributed by atoms with Crippen LogP contribution in [0.5, 0.6) is 0 Å². The normalized spacial score (nSPS) is 16.9. The Bertz CT molecular complexity index is 736. The molecular weight excluding hydrogens is 308 g/mol. The van der Waals surface area contributed by atoms with Crippen molar-refractivity contribution in [3.8, 4) is 0 Å². The number of likely N-dealkylation sites (tertiary alicyclic amines) is 1. The maximum Gasteiger partial charge on any atom is 0.256 e. The number of carbonyl (C=O) groups excluding carboxylic acids is 2. The SMILES string of the molecule is CC(=O)NCc1ccnc([C@H]2CCCN2C(=O)c2ccnnc2)n1. The van der Waals surface area contributed by atoms with Gasteiger partial charge in [-0.05, 0) is 25.0 Å². The average Bonchev–Trinajstić information content (AvgIpc) is 3.10. The molecule has 1 fully saturated rings. The Balaban J connectivity index is 1.79. The van der Waals surface area contributed by atoms with Crippen LogP contribution in [0.1, 0.15) is 47.7 Å². The van der Waals surface area contributed by atoms with E-state index in [0.29, 0.717) is 24.5 Å². The zero-order valence-electron chi connectivity index (χ0n) is 13.3. The third kappa shape index (κ3) is 3.53. The molecule has 0 bridgehead atoms. The predicted molar refractivity (Wildman–Crippen MR) is 84.6 cm³/mol. The molecule has 0 aliphatic carbocycles. The molecule has 1 aliphatic heterocycles. The van der Waals surface area contributed by atoms with Crippen LogP contribution in [-0.2, 0) is 11.3 Å². The molecule has 1 saturated heterocycles. The molecule has 124 valence electrons. The van der Waals surface area contributed by atoms with E-state index < -0.39 is 0 Å². The summed E-state index contributed by atoms with van der Waals surface area (Å²) in [6.45, 7) is 2.47. The average molecular weight is 326 g/mol. The number of nitrogens with zero attached hydrogens (tertiary/aromatic N) is 5. The van der Waals surface area contributed by atoms with Gasteiger partial charge in [-0.15, -0.1) is 0 Å². The first-order chi connectivity index (χ1) is 11.6. The lowest BCUT2D eigenvalue weighted by Gasteiger charge is -2.23. The lowest BCUT2D eigenvalue weighted by atomic mass is 10.2. The molecule has 3 rings (SSSR count). The van der Waals surface area contributed by atoms with Gasteiger partial charge in [0.15, 0.2) is 5.82 Å². The molecule has 24 heavy (non-hydrogen) atoms. The van der Waals surface area contributed by atoms with Crippen LogP contribution in [0.4, 0.5) is 0 Å². The van der Waals surface area contributed by atoms with Crippen LogP contribution in [0, 0.1) is 0 Å². The van der Waals surface area contributed by atoms with Gasteiger partial charge in [0.2, 0.25) is 5.91 Å². The first kappa shape index (κ1) is 16.0. The summed E-state index contributed by atoms with van der Waals surface area (Å²) in [5, 5.41) is 10.2. The second-order valence-electron chi connectivity index (χ2n) is 5.60. The summed E-state index contributed by atoms with van der Waals surface area (Å²) in [6.07, 6.45) is 6.34. The van der Waals surface area contributed by atoms with Crippen molar-refractivity contribution >= 4 is 11.8 Å². The summed E-state index contributed by atoms with van der Waals surface area (Å²) in [5.74, 6) is 0.395. The van der Waals surface area contributed by atoms with Gasteiger partial charge in [-0.25, -0.2) is 9.97 Å². The second-order valence-corrected chi connectivity index (χ2v) is 5.60. The van der Waals surface area contributed by atoms with Crippen LogP contribution >= 0.6 is 0 Å². The summed E-state index contributed by atoms with van der Waals surface area (Å²) in [5.41, 5.74) is 1.23. The number of carbonyl (C=O) groups is 2. The molecular formula is C16H18N6O2. The van der Waals surface area contributed by atoms with Gasteiger partial charge in [-0.1, -0.05) is 0 Å². The molecule has 2 aromatic heterocycles. The first-order valence-electron chi connectivity index (χ1n) is 7.79. The van der Waals surface area contributed by atoms with Crippen molar-refractivity contribution in [3.63, 3.8) is 0 Å². The molecule has 3 heterocycles. The second kappa shape index (κ2) is 7.12. The van der Waals surface area contributed by atoms with Crippen LogP contribution in [0.2, 0.25) is 0 Å². The highest BCUT2D eigenvalue weighted by Gasteiger charge is 2.32. The molecule has 0 unspecified atom stereocenters. The smallest absolute Gasteiger partial charge is 0.256 e. The van der Waals surface area contributed by atoms with Gasteiger partial charge >= 0.3 is 0 Å². The Morgan fingerprint density at radius 3 is 2.92 bits per heavy atom. The standard InChI is InChI=1S/C16H18N6O2/c1-11(23)18-10-13-5-6-17-15(21-13)14-3-2-8-22(14)16(24)12-4-7-19-20-9-12/h4-7,9,14H,2-3,8,10H2,1H3,(H,18,23)/t14-/m1/s1. The van der Waals surface area contributed by atoms with E-state index in [9.17, 15) is 9.59 Å². The summed E-state index contributed by atoms with van der Waals surface area (Å²) in [4.78, 5) is 34.3. The molecule has 2 amide bonds. The maximum absolute atomic E-state index is 12.7. The summed E-state index contributed by atoms with van der Waals surface area (Å²) >= 11 is 0. The Hall–Kier alpha value is -2.90. The van der Waals surface area contributed by atoms with Crippen molar-refractivity contribution in [3.05, 3.63) is 47.8 Å². The molecule has 0 radical (unpaired) electrons. The van der Waals surface area contributed by atoms with Gasteiger partial charge in [-0.2, -0.15) is 10.2 Å². The van der Waals surface area contributed by atoms with E-state index in [-0.39, 0.29) is 17.9 Å². The highest BCUT2D eigenvalue weighted by molar-refractivity contribution is 5.94. The quantitative estimate of drug-likeness (QED) is 0.895. The number of aromatic nitrogens is 4. The van der Waals surface area contributed by atoms with Crippen molar-refractivity contribution in [2.75, 3.05) is 6.54 Å². The van der Waals surface area contributed by atoms with E-state index in [1.54, 1.807) is 23.2 Å².